The molecule has 1 aliphatic heterocycles. The van der Waals surface area contributed by atoms with Crippen LogP contribution in [0.4, 0.5) is 11.4 Å². The van der Waals surface area contributed by atoms with Crippen LogP contribution in [0.15, 0.2) is 47.4 Å². The van der Waals surface area contributed by atoms with Crippen molar-refractivity contribution in [1.29, 1.82) is 0 Å². The maximum Gasteiger partial charge on any atom is 0.340 e. The van der Waals surface area contributed by atoms with Crippen LogP contribution in [0.1, 0.15) is 15.9 Å². The first-order chi connectivity index (χ1) is 14.3. The number of nitrogens with one attached hydrogen (secondary N) is 1. The van der Waals surface area contributed by atoms with Gasteiger partial charge < -0.3 is 14.8 Å². The summed E-state index contributed by atoms with van der Waals surface area (Å²) in [4.78, 5) is 23.0. The van der Waals surface area contributed by atoms with Crippen molar-refractivity contribution in [1.82, 2.24) is 4.31 Å². The number of hydrogen-bond acceptors (Lipinski definition) is 8. The van der Waals surface area contributed by atoms with E-state index in [0.717, 1.165) is 6.07 Å². The summed E-state index contributed by atoms with van der Waals surface area (Å²) in [5.41, 5.74) is 0.645. The van der Waals surface area contributed by atoms with E-state index in [1.165, 1.54) is 28.6 Å². The van der Waals surface area contributed by atoms with Crippen LogP contribution in [-0.2, 0) is 26.1 Å². The second kappa shape index (κ2) is 9.20. The van der Waals surface area contributed by atoms with E-state index in [1.54, 1.807) is 19.2 Å². The molecule has 0 aromatic heterocycles. The number of nitro groups is 1. The molecule has 11 heteroatoms. The molecule has 3 rings (SSSR count). The number of non-ortho nitro benzene ring substituents is 1. The molecule has 0 saturated carbocycles. The Hall–Kier alpha value is -3.02. The fourth-order valence-corrected chi connectivity index (χ4v) is 4.47. The van der Waals surface area contributed by atoms with Gasteiger partial charge in [-0.2, -0.15) is 4.31 Å². The van der Waals surface area contributed by atoms with Crippen molar-refractivity contribution in [2.45, 2.75) is 11.5 Å². The molecule has 0 bridgehead atoms. The van der Waals surface area contributed by atoms with Gasteiger partial charge in [0.15, 0.2) is 0 Å². The van der Waals surface area contributed by atoms with Crippen molar-refractivity contribution in [2.24, 2.45) is 0 Å². The summed E-state index contributed by atoms with van der Waals surface area (Å²) < 4.78 is 37.4. The van der Waals surface area contributed by atoms with Gasteiger partial charge in [0.25, 0.3) is 5.69 Å². The number of nitro benzene ring substituents is 1. The normalized spacial score (nSPS) is 14.8. The molecule has 1 heterocycles. The Morgan fingerprint density at radius 3 is 2.63 bits per heavy atom. The largest absolute Gasteiger partial charge is 0.457 e. The second-order valence-corrected chi connectivity index (χ2v) is 8.41. The number of carbonyl (C=O) groups excluding carboxylic acids is 1. The molecule has 1 saturated heterocycles. The average Bonchev–Trinajstić information content (AvgIpc) is 2.77. The minimum atomic E-state index is -3.67. The molecule has 0 radical (unpaired) electrons. The van der Waals surface area contributed by atoms with Crippen molar-refractivity contribution in [3.8, 4) is 0 Å². The van der Waals surface area contributed by atoms with Crippen LogP contribution in [0.25, 0.3) is 0 Å². The number of anilines is 1. The van der Waals surface area contributed by atoms with Crippen LogP contribution in [0.2, 0.25) is 0 Å². The minimum absolute atomic E-state index is 0.0174. The van der Waals surface area contributed by atoms with E-state index in [9.17, 15) is 23.3 Å². The van der Waals surface area contributed by atoms with Crippen molar-refractivity contribution >= 4 is 27.4 Å². The van der Waals surface area contributed by atoms with Crippen molar-refractivity contribution in [3.63, 3.8) is 0 Å². The van der Waals surface area contributed by atoms with E-state index in [-0.39, 0.29) is 35.8 Å². The fraction of sp³-hybridized carbons (Fsp3) is 0.316. The third-order valence-corrected chi connectivity index (χ3v) is 6.47. The highest BCUT2D eigenvalue weighted by atomic mass is 32.2. The molecule has 2 aromatic rings. The Bertz CT molecular complexity index is 1050. The van der Waals surface area contributed by atoms with Gasteiger partial charge in [-0.25, -0.2) is 13.2 Å². The molecule has 30 heavy (non-hydrogen) atoms. The number of sulfonamides is 1. The number of esters is 1. The number of carbonyl (C=O) groups is 1. The highest BCUT2D eigenvalue weighted by molar-refractivity contribution is 7.89. The summed E-state index contributed by atoms with van der Waals surface area (Å²) >= 11 is 0. The number of hydrogen-bond donors (Lipinski definition) is 1. The van der Waals surface area contributed by atoms with E-state index >= 15 is 0 Å². The lowest BCUT2D eigenvalue weighted by molar-refractivity contribution is -0.384. The van der Waals surface area contributed by atoms with E-state index in [4.69, 9.17) is 9.47 Å². The van der Waals surface area contributed by atoms with E-state index in [2.05, 4.69) is 5.32 Å². The van der Waals surface area contributed by atoms with Crippen molar-refractivity contribution in [3.05, 3.63) is 63.7 Å². The van der Waals surface area contributed by atoms with Crippen LogP contribution in [0.5, 0.6) is 0 Å². The van der Waals surface area contributed by atoms with Gasteiger partial charge in [0, 0.05) is 38.0 Å². The second-order valence-electron chi connectivity index (χ2n) is 6.48. The lowest BCUT2D eigenvalue weighted by Gasteiger charge is -2.26. The van der Waals surface area contributed by atoms with Gasteiger partial charge >= 0.3 is 5.97 Å². The number of nitrogens with zero attached hydrogens (tertiary/aromatic N) is 2. The van der Waals surface area contributed by atoms with Crippen LogP contribution in [0.3, 0.4) is 0 Å². The zero-order chi connectivity index (χ0) is 21.7. The molecule has 10 nitrogen and oxygen atoms in total. The Morgan fingerprint density at radius 2 is 1.97 bits per heavy atom. The summed E-state index contributed by atoms with van der Waals surface area (Å²) in [5.74, 6) is -0.760. The van der Waals surface area contributed by atoms with Gasteiger partial charge in [0.05, 0.1) is 28.6 Å². The third-order valence-electron chi connectivity index (χ3n) is 4.58. The number of ether oxygens (including phenoxy) is 2. The number of morpholine rings is 1. The van der Waals surface area contributed by atoms with Crippen LogP contribution in [-0.4, -0.2) is 57.0 Å². The summed E-state index contributed by atoms with van der Waals surface area (Å²) in [6, 6.07) is 9.97. The van der Waals surface area contributed by atoms with Crippen LogP contribution >= 0.6 is 0 Å². The summed E-state index contributed by atoms with van der Waals surface area (Å²) in [6.45, 7) is 1.06. The molecule has 0 unspecified atom stereocenters. The SMILES string of the molecule is CNc1ccc([N+](=O)[O-])cc1C(=O)OCc1cccc(S(=O)(=O)N2CCOCC2)c1. The van der Waals surface area contributed by atoms with Crippen molar-refractivity contribution < 1.29 is 27.6 Å². The Kier molecular flexibility index (Phi) is 6.65. The Morgan fingerprint density at radius 1 is 1.23 bits per heavy atom. The first kappa shape index (κ1) is 21.7. The van der Waals surface area contributed by atoms with Gasteiger partial charge in [-0.05, 0) is 23.8 Å². The standard InChI is InChI=1S/C19H21N3O7S/c1-20-18-6-5-15(22(24)25)12-17(18)19(23)29-13-14-3-2-4-16(11-14)30(26,27)21-7-9-28-10-8-21/h2-6,11-12,20H,7-10,13H2,1H3. The summed E-state index contributed by atoms with van der Waals surface area (Å²) in [6.07, 6.45) is 0. The third kappa shape index (κ3) is 4.75. The molecule has 160 valence electrons. The lowest BCUT2D eigenvalue weighted by atomic mass is 10.1. The monoisotopic (exact) mass is 435 g/mol. The van der Waals surface area contributed by atoms with Gasteiger partial charge in [-0.1, -0.05) is 12.1 Å². The quantitative estimate of drug-likeness (QED) is 0.397. The Labute approximate surface area is 173 Å². The average molecular weight is 435 g/mol. The van der Waals surface area contributed by atoms with E-state index in [1.807, 2.05) is 0 Å². The minimum Gasteiger partial charge on any atom is -0.457 e. The smallest absolute Gasteiger partial charge is 0.340 e. The maximum absolute atomic E-state index is 12.8. The number of rotatable bonds is 7. The molecule has 0 spiro atoms. The Balaban J connectivity index is 1.75. The molecule has 1 aliphatic rings. The first-order valence-corrected chi connectivity index (χ1v) is 10.6. The summed E-state index contributed by atoms with van der Waals surface area (Å²) in [7, 11) is -2.09. The van der Waals surface area contributed by atoms with E-state index < -0.39 is 20.9 Å². The molecular formula is C19H21N3O7S. The van der Waals surface area contributed by atoms with Gasteiger partial charge in [-0.15, -0.1) is 0 Å². The van der Waals surface area contributed by atoms with Gasteiger partial charge in [-0.3, -0.25) is 10.1 Å². The predicted molar refractivity (Wildman–Crippen MR) is 108 cm³/mol. The summed E-state index contributed by atoms with van der Waals surface area (Å²) in [5, 5.41) is 13.8. The predicted octanol–water partition coefficient (Wildman–Crippen LogP) is 2.01. The highest BCUT2D eigenvalue weighted by Crippen LogP contribution is 2.24. The molecule has 0 amide bonds. The maximum atomic E-state index is 12.8. The molecule has 1 fully saturated rings. The van der Waals surface area contributed by atoms with Gasteiger partial charge in [0.1, 0.15) is 6.61 Å². The van der Waals surface area contributed by atoms with Gasteiger partial charge in [0.2, 0.25) is 10.0 Å². The highest BCUT2D eigenvalue weighted by Gasteiger charge is 2.26. The topological polar surface area (TPSA) is 128 Å². The first-order valence-electron chi connectivity index (χ1n) is 9.13. The van der Waals surface area contributed by atoms with E-state index in [0.29, 0.717) is 24.5 Å². The molecule has 1 N–H and O–H groups in total. The fourth-order valence-electron chi connectivity index (χ4n) is 2.99. The zero-order valence-electron chi connectivity index (χ0n) is 16.2. The molecule has 2 aromatic carbocycles. The number of benzene rings is 2. The van der Waals surface area contributed by atoms with Crippen molar-refractivity contribution in [2.75, 3.05) is 38.7 Å². The molecular weight excluding hydrogens is 414 g/mol. The van der Waals surface area contributed by atoms with Crippen LogP contribution < -0.4 is 5.32 Å². The molecule has 0 aliphatic carbocycles. The lowest BCUT2D eigenvalue weighted by Crippen LogP contribution is -2.40. The van der Waals surface area contributed by atoms with Crippen LogP contribution in [0, 0.1) is 10.1 Å². The molecule has 0 atom stereocenters. The zero-order valence-corrected chi connectivity index (χ0v) is 17.1.